The minimum atomic E-state index is -4.10. The van der Waals surface area contributed by atoms with Crippen LogP contribution in [0.25, 0.3) is 0 Å². The fourth-order valence-electron chi connectivity index (χ4n) is 5.25. The Bertz CT molecular complexity index is 1820. The average Bonchev–Trinajstić information content (AvgIpc) is 3.69. The van der Waals surface area contributed by atoms with Gasteiger partial charge in [-0.1, -0.05) is 25.4 Å². The molecule has 5 N–H and O–H groups in total. The number of halogens is 2. The van der Waals surface area contributed by atoms with E-state index in [0.29, 0.717) is 21.6 Å². The van der Waals surface area contributed by atoms with Crippen molar-refractivity contribution >= 4 is 59.9 Å². The molecular formula is C33H44ClFN5O13P. The Kier molecular flexibility index (Phi) is 17.0. The minimum Gasteiger partial charge on any atom is -0.489 e. The number of cyclic esters (lactones) is 1. The molecule has 54 heavy (non-hydrogen) atoms. The Morgan fingerprint density at radius 3 is 2.17 bits per heavy atom. The number of carboxylic acid groups (broad SMARTS) is 1. The van der Waals surface area contributed by atoms with Crippen LogP contribution in [0.5, 0.6) is 5.75 Å². The zero-order valence-electron chi connectivity index (χ0n) is 30.5. The van der Waals surface area contributed by atoms with Crippen molar-refractivity contribution in [2.24, 2.45) is 0 Å². The van der Waals surface area contributed by atoms with Gasteiger partial charge in [-0.2, -0.15) is 0 Å². The molecule has 0 unspecified atom stereocenters. The van der Waals surface area contributed by atoms with Gasteiger partial charge in [0.1, 0.15) is 11.6 Å². The van der Waals surface area contributed by atoms with Crippen molar-refractivity contribution in [3.05, 3.63) is 71.7 Å². The number of hydrogen-bond acceptors (Lipinski definition) is 12. The van der Waals surface area contributed by atoms with Gasteiger partial charge in [0.25, 0.3) is 5.69 Å². The number of anilines is 2. The van der Waals surface area contributed by atoms with E-state index in [-0.39, 0.29) is 51.4 Å². The van der Waals surface area contributed by atoms with E-state index >= 15 is 0 Å². The highest BCUT2D eigenvalue weighted by Crippen LogP contribution is 2.40. The van der Waals surface area contributed by atoms with E-state index in [1.807, 2.05) is 13.8 Å². The summed E-state index contributed by atoms with van der Waals surface area (Å²) in [5.41, 5.74) is 0.867. The summed E-state index contributed by atoms with van der Waals surface area (Å²) < 4.78 is 35.1. The van der Waals surface area contributed by atoms with Crippen LogP contribution < -0.4 is 20.3 Å². The first-order chi connectivity index (χ1) is 25.1. The quantitative estimate of drug-likeness (QED) is 0.0585. The molecule has 1 saturated heterocycles. The molecule has 2 aliphatic rings. The summed E-state index contributed by atoms with van der Waals surface area (Å²) in [7, 11) is -4.10. The van der Waals surface area contributed by atoms with Gasteiger partial charge in [-0.3, -0.25) is 39.7 Å². The number of rotatable bonds is 13. The van der Waals surface area contributed by atoms with E-state index in [1.54, 1.807) is 27.7 Å². The summed E-state index contributed by atoms with van der Waals surface area (Å²) in [6, 6.07) is 3.67. The van der Waals surface area contributed by atoms with Crippen molar-refractivity contribution in [1.82, 2.24) is 5.32 Å². The van der Waals surface area contributed by atoms with Crippen LogP contribution in [0.15, 0.2) is 29.5 Å². The minimum absolute atomic E-state index is 0.00962. The fourth-order valence-corrected chi connectivity index (χ4v) is 5.85. The molecular weight excluding hydrogens is 760 g/mol. The van der Waals surface area contributed by atoms with Crippen LogP contribution in [0.3, 0.4) is 0 Å². The van der Waals surface area contributed by atoms with E-state index in [0.717, 1.165) is 44.6 Å². The number of aryl methyl sites for hydroxylation is 1. The lowest BCUT2D eigenvalue weighted by Gasteiger charge is -2.18. The van der Waals surface area contributed by atoms with Crippen molar-refractivity contribution in [1.29, 1.82) is 0 Å². The Morgan fingerprint density at radius 1 is 1.11 bits per heavy atom. The molecule has 2 aromatic carbocycles. The number of carboxylic acids is 1. The van der Waals surface area contributed by atoms with Crippen molar-refractivity contribution in [2.75, 3.05) is 23.0 Å². The zero-order valence-corrected chi connectivity index (χ0v) is 32.2. The van der Waals surface area contributed by atoms with Crippen molar-refractivity contribution in [3.63, 3.8) is 0 Å². The predicted octanol–water partition coefficient (Wildman–Crippen LogP) is 7.09. The Balaban J connectivity index is 0.000000304. The molecule has 2 amide bonds. The number of ether oxygens (including phenoxy) is 2. The van der Waals surface area contributed by atoms with Gasteiger partial charge in [-0.15, -0.1) is 0 Å². The lowest BCUT2D eigenvalue weighted by Crippen LogP contribution is -2.29. The van der Waals surface area contributed by atoms with Gasteiger partial charge in [-0.25, -0.2) is 14.1 Å². The third kappa shape index (κ3) is 12.7. The molecule has 1 saturated carbocycles. The highest BCUT2D eigenvalue weighted by molar-refractivity contribution is 7.51. The maximum atomic E-state index is 14.3. The van der Waals surface area contributed by atoms with Crippen LogP contribution in [0.1, 0.15) is 77.3 Å². The first kappa shape index (κ1) is 45.5. The van der Waals surface area contributed by atoms with Crippen LogP contribution in [-0.4, -0.2) is 67.7 Å². The number of aliphatic carboxylic acids is 1. The van der Waals surface area contributed by atoms with Crippen molar-refractivity contribution in [3.8, 4) is 5.75 Å². The first-order valence-corrected chi connectivity index (χ1v) is 18.9. The molecule has 1 heterocycles. The van der Waals surface area contributed by atoms with Crippen molar-refractivity contribution < 1.29 is 57.6 Å². The number of carbonyl (C=O) groups excluding carboxylic acids is 2. The van der Waals surface area contributed by atoms with Gasteiger partial charge in [0.15, 0.2) is 11.4 Å². The SMILES string of the molecule is CC(C)=C1OC(=O)N(c2cc(OC3CCCC3)c(Cl)cc2F)C1=O.CCC(CC)Nc1c([N+](=O)[O-])cc(C)c(C)c1[N+](=O)[O-].O=C(O)CNCP(=O)(O)O. The smallest absolute Gasteiger partial charge is 0.427 e. The number of nitro benzene ring substituents is 2. The lowest BCUT2D eigenvalue weighted by atomic mass is 10.0. The van der Waals surface area contributed by atoms with Crippen LogP contribution in [0, 0.1) is 39.9 Å². The molecule has 1 aliphatic heterocycles. The largest absolute Gasteiger partial charge is 0.489 e. The molecule has 2 aromatic rings. The molecule has 4 rings (SSSR count). The number of carbonyl (C=O) groups is 3. The number of amides is 2. The van der Waals surface area contributed by atoms with Crippen LogP contribution in [0.4, 0.5) is 31.9 Å². The van der Waals surface area contributed by atoms with E-state index in [4.69, 9.17) is 36.0 Å². The van der Waals surface area contributed by atoms with Gasteiger partial charge >= 0.3 is 31.3 Å². The predicted molar refractivity (Wildman–Crippen MR) is 196 cm³/mol. The van der Waals surface area contributed by atoms with Gasteiger partial charge in [0.2, 0.25) is 0 Å². The zero-order chi connectivity index (χ0) is 41.1. The Hall–Kier alpha value is -4.68. The lowest BCUT2D eigenvalue weighted by molar-refractivity contribution is -0.392. The first-order valence-electron chi connectivity index (χ1n) is 16.7. The summed E-state index contributed by atoms with van der Waals surface area (Å²) in [5, 5.41) is 35.6. The molecule has 0 aromatic heterocycles. The van der Waals surface area contributed by atoms with Crippen molar-refractivity contribution in [2.45, 2.75) is 92.2 Å². The molecule has 21 heteroatoms. The van der Waals surface area contributed by atoms with Gasteiger partial charge in [0, 0.05) is 23.7 Å². The topological polar surface area (TPSA) is 261 Å². The Morgan fingerprint density at radius 2 is 1.70 bits per heavy atom. The summed E-state index contributed by atoms with van der Waals surface area (Å²) in [5.74, 6) is -2.47. The average molecular weight is 804 g/mol. The van der Waals surface area contributed by atoms with Gasteiger partial charge < -0.3 is 29.7 Å². The number of nitrogens with one attached hydrogen (secondary N) is 2. The highest BCUT2D eigenvalue weighted by atomic mass is 35.5. The number of nitro groups is 2. The van der Waals surface area contributed by atoms with Crippen LogP contribution in [0.2, 0.25) is 5.02 Å². The number of allylic oxidation sites excluding steroid dienone is 1. The van der Waals surface area contributed by atoms with Gasteiger partial charge in [0.05, 0.1) is 39.5 Å². The summed E-state index contributed by atoms with van der Waals surface area (Å²) in [6.45, 7) is 9.93. The Labute approximate surface area is 315 Å². The third-order valence-electron chi connectivity index (χ3n) is 8.16. The maximum absolute atomic E-state index is 14.3. The maximum Gasteiger partial charge on any atom is 0.427 e. The molecule has 0 spiro atoms. The molecule has 0 atom stereocenters. The fraction of sp³-hybridized carbons (Fsp3) is 0.485. The van der Waals surface area contributed by atoms with E-state index < -0.39 is 54.1 Å². The van der Waals surface area contributed by atoms with Crippen LogP contribution in [-0.2, 0) is 18.9 Å². The van der Waals surface area contributed by atoms with Crippen LogP contribution >= 0.6 is 19.2 Å². The molecule has 2 fully saturated rings. The molecule has 0 bridgehead atoms. The third-order valence-corrected chi connectivity index (χ3v) is 9.09. The van der Waals surface area contributed by atoms with E-state index in [9.17, 15) is 43.6 Å². The molecule has 1 aliphatic carbocycles. The summed E-state index contributed by atoms with van der Waals surface area (Å²) in [4.78, 5) is 72.4. The summed E-state index contributed by atoms with van der Waals surface area (Å²) in [6.07, 6.45) is 3.87. The number of imide groups is 1. The molecule has 18 nitrogen and oxygen atoms in total. The standard InChI is InChI=1S/C17H17ClFNO4.C13H19N3O4.C3H8NO5P/c1-9(2)15-16(21)20(17(22)24-15)13-8-14(11(18)7-12(13)19)23-10-5-3-4-6-10;1-5-10(6-2)14-12-11(15(17)18)7-8(3)9(4)13(12)16(19)20;5-3(6)1-4-2-10(7,8)9/h7-8,10H,3-6H2,1-2H3;7,10,14H,5-6H2,1-4H3;4H,1-2H2,(H,5,6)(H2,7,8,9). The number of nitrogens with zero attached hydrogens (tertiary/aromatic N) is 3. The monoisotopic (exact) mass is 803 g/mol. The second kappa shape index (κ2) is 20.1. The normalized spacial score (nSPS) is 14.2. The number of benzene rings is 2. The highest BCUT2D eigenvalue weighted by Gasteiger charge is 2.40. The summed E-state index contributed by atoms with van der Waals surface area (Å²) >= 11 is 6.04. The molecule has 0 radical (unpaired) electrons. The second-order valence-electron chi connectivity index (χ2n) is 12.5. The molecule has 298 valence electrons. The second-order valence-corrected chi connectivity index (χ2v) is 14.5. The van der Waals surface area contributed by atoms with E-state index in [2.05, 4.69) is 10.6 Å². The van der Waals surface area contributed by atoms with Gasteiger partial charge in [-0.05, 0) is 83.4 Å². The van der Waals surface area contributed by atoms with E-state index in [1.165, 1.54) is 12.1 Å². The number of hydrogen-bond donors (Lipinski definition) is 5.